The van der Waals surface area contributed by atoms with Crippen molar-refractivity contribution in [2.75, 3.05) is 37.7 Å². The van der Waals surface area contributed by atoms with Crippen LogP contribution in [0.15, 0.2) is 60.0 Å². The molecule has 0 radical (unpaired) electrons. The zero-order valence-electron chi connectivity index (χ0n) is 23.5. The summed E-state index contributed by atoms with van der Waals surface area (Å²) < 4.78 is 24.2. The molecule has 4 heterocycles. The molecule has 6 rings (SSSR count). The maximum atomic E-state index is 16.3. The van der Waals surface area contributed by atoms with E-state index in [9.17, 15) is 9.59 Å². The van der Waals surface area contributed by atoms with Crippen LogP contribution in [0.25, 0.3) is 27.7 Å². The van der Waals surface area contributed by atoms with Gasteiger partial charge in [0.05, 0.1) is 23.6 Å². The molecule has 2 aliphatic rings. The lowest BCUT2D eigenvalue weighted by Crippen LogP contribution is -2.49. The molecule has 2 aromatic carbocycles. The predicted octanol–water partition coefficient (Wildman–Crippen LogP) is 4.79. The van der Waals surface area contributed by atoms with E-state index in [4.69, 9.17) is 4.74 Å². The van der Waals surface area contributed by atoms with Crippen molar-refractivity contribution in [2.24, 2.45) is 0 Å². The Hall–Kier alpha value is -4.53. The molecule has 0 N–H and O–H groups in total. The van der Waals surface area contributed by atoms with Crippen LogP contribution in [0.1, 0.15) is 36.6 Å². The van der Waals surface area contributed by atoms with Crippen molar-refractivity contribution < 1.29 is 13.9 Å². The van der Waals surface area contributed by atoms with Crippen molar-refractivity contribution in [3.05, 3.63) is 88.4 Å². The minimum atomic E-state index is -0.495. The van der Waals surface area contributed by atoms with Gasteiger partial charge in [-0.2, -0.15) is 4.98 Å². The summed E-state index contributed by atoms with van der Waals surface area (Å²) in [6.45, 7) is 11.7. The highest BCUT2D eigenvalue weighted by atomic mass is 19.1. The number of ether oxygens (including phenoxy) is 1. The highest BCUT2D eigenvalue weighted by Crippen LogP contribution is 2.45. The normalized spacial score (nSPS) is 14.9. The van der Waals surface area contributed by atoms with Gasteiger partial charge in [-0.15, -0.1) is 0 Å². The zero-order valence-corrected chi connectivity index (χ0v) is 23.5. The van der Waals surface area contributed by atoms with Crippen LogP contribution >= 0.6 is 0 Å². The lowest BCUT2D eigenvalue weighted by molar-refractivity contribution is -0.126. The molecule has 0 spiro atoms. The number of amides is 1. The van der Waals surface area contributed by atoms with E-state index in [1.54, 1.807) is 15.7 Å². The molecule has 41 heavy (non-hydrogen) atoms. The number of aromatic nitrogens is 3. The first kappa shape index (κ1) is 26.7. The van der Waals surface area contributed by atoms with E-state index in [0.717, 1.165) is 22.4 Å². The van der Waals surface area contributed by atoms with Gasteiger partial charge in [-0.05, 0) is 47.7 Å². The zero-order chi connectivity index (χ0) is 28.8. The number of fused-ring (bicyclic) bond motifs is 5. The van der Waals surface area contributed by atoms with E-state index in [-0.39, 0.29) is 11.8 Å². The molecule has 4 aromatic rings. The summed E-state index contributed by atoms with van der Waals surface area (Å²) in [6.07, 6.45) is 3.64. The first-order valence-corrected chi connectivity index (χ1v) is 13.9. The minimum Gasteiger partial charge on any atom is -0.490 e. The van der Waals surface area contributed by atoms with Gasteiger partial charge in [-0.3, -0.25) is 14.3 Å². The van der Waals surface area contributed by atoms with Gasteiger partial charge in [-0.25, -0.2) is 9.18 Å². The minimum absolute atomic E-state index is 0.0164. The van der Waals surface area contributed by atoms with E-state index in [1.165, 1.54) is 12.1 Å². The Bertz CT molecular complexity index is 1760. The molecule has 0 unspecified atom stereocenters. The molecular formula is C32H32FN5O3. The Morgan fingerprint density at radius 2 is 1.90 bits per heavy atom. The molecule has 210 valence electrons. The summed E-state index contributed by atoms with van der Waals surface area (Å²) in [6, 6.07) is 11.0. The van der Waals surface area contributed by atoms with Crippen molar-refractivity contribution in [2.45, 2.75) is 33.1 Å². The van der Waals surface area contributed by atoms with Crippen molar-refractivity contribution in [1.82, 2.24) is 19.4 Å². The van der Waals surface area contributed by atoms with Crippen LogP contribution in [0.4, 0.5) is 10.2 Å². The van der Waals surface area contributed by atoms with E-state index in [2.05, 4.69) is 16.5 Å². The van der Waals surface area contributed by atoms with Crippen LogP contribution in [-0.4, -0.2) is 58.1 Å². The third kappa shape index (κ3) is 4.45. The number of nitrogens with zero attached hydrogens (tertiary/aromatic N) is 5. The smallest absolute Gasteiger partial charge is 0.354 e. The van der Waals surface area contributed by atoms with Gasteiger partial charge in [0, 0.05) is 44.2 Å². The number of carbonyl (C=O) groups excluding carboxylic acids is 1. The third-order valence-corrected chi connectivity index (χ3v) is 7.96. The number of piperazine rings is 1. The second kappa shape index (κ2) is 10.5. The number of rotatable bonds is 4. The van der Waals surface area contributed by atoms with Gasteiger partial charge < -0.3 is 14.5 Å². The molecule has 1 saturated heterocycles. The molecule has 9 heteroatoms. The van der Waals surface area contributed by atoms with Crippen LogP contribution in [0.3, 0.4) is 0 Å². The number of hydrogen-bond donors (Lipinski definition) is 0. The molecular weight excluding hydrogens is 521 g/mol. The Balaban J connectivity index is 1.68. The summed E-state index contributed by atoms with van der Waals surface area (Å²) in [5.74, 6) is 0.131. The average molecular weight is 554 g/mol. The standard InChI is InChI=1S/C32H32FN5O3/c1-5-25(39)36-13-15-37(16-14-36)31-23-18-24(33)26-22-9-7-6-8-21(22)11-17-41-30(26)29(23)38(32(40)35-31)28-20(4)10-12-34-27(28)19(2)3/h5-10,12,18-19H,1,11,13-17H2,2-4H3. The van der Waals surface area contributed by atoms with Crippen LogP contribution in [-0.2, 0) is 11.2 Å². The Labute approximate surface area is 237 Å². The Kier molecular flexibility index (Phi) is 6.81. The maximum Gasteiger partial charge on any atom is 0.354 e. The van der Waals surface area contributed by atoms with Crippen LogP contribution in [0.5, 0.6) is 5.75 Å². The number of halogens is 1. The Morgan fingerprint density at radius 3 is 2.63 bits per heavy atom. The molecule has 8 nitrogen and oxygen atoms in total. The van der Waals surface area contributed by atoms with Crippen LogP contribution in [0.2, 0.25) is 0 Å². The van der Waals surface area contributed by atoms with Gasteiger partial charge in [-0.1, -0.05) is 44.7 Å². The highest BCUT2D eigenvalue weighted by Gasteiger charge is 2.30. The topological polar surface area (TPSA) is 80.6 Å². The molecule has 0 saturated carbocycles. The first-order valence-electron chi connectivity index (χ1n) is 13.9. The van der Waals surface area contributed by atoms with E-state index >= 15 is 4.39 Å². The molecule has 0 atom stereocenters. The van der Waals surface area contributed by atoms with Gasteiger partial charge in [0.25, 0.3) is 0 Å². The number of hydrogen-bond acceptors (Lipinski definition) is 6. The lowest BCUT2D eigenvalue weighted by atomic mass is 9.96. The van der Waals surface area contributed by atoms with Gasteiger partial charge in [0.15, 0.2) is 5.75 Å². The molecule has 1 fully saturated rings. The third-order valence-electron chi connectivity index (χ3n) is 7.96. The van der Waals surface area contributed by atoms with Crippen molar-refractivity contribution in [3.63, 3.8) is 0 Å². The monoisotopic (exact) mass is 553 g/mol. The quantitative estimate of drug-likeness (QED) is 0.338. The Morgan fingerprint density at radius 1 is 1.15 bits per heavy atom. The van der Waals surface area contributed by atoms with Crippen LogP contribution < -0.4 is 15.3 Å². The largest absolute Gasteiger partial charge is 0.490 e. The molecule has 0 bridgehead atoms. The summed E-state index contributed by atoms with van der Waals surface area (Å²) in [4.78, 5) is 39.1. The number of carbonyl (C=O) groups is 1. The van der Waals surface area contributed by atoms with Gasteiger partial charge in [0.1, 0.15) is 17.2 Å². The number of benzene rings is 2. The molecule has 0 aliphatic carbocycles. The lowest BCUT2D eigenvalue weighted by Gasteiger charge is -2.35. The fraction of sp³-hybridized carbons (Fsp3) is 0.312. The summed E-state index contributed by atoms with van der Waals surface area (Å²) >= 11 is 0. The van der Waals surface area contributed by atoms with Crippen molar-refractivity contribution in [1.29, 1.82) is 0 Å². The summed E-state index contributed by atoms with van der Waals surface area (Å²) in [7, 11) is 0. The second-order valence-electron chi connectivity index (χ2n) is 10.8. The van der Waals surface area contributed by atoms with Gasteiger partial charge in [0.2, 0.25) is 5.91 Å². The maximum absolute atomic E-state index is 16.3. The highest BCUT2D eigenvalue weighted by molar-refractivity contribution is 6.00. The number of pyridine rings is 1. The molecule has 2 aromatic heterocycles. The average Bonchev–Trinajstić information content (AvgIpc) is 3.17. The second-order valence-corrected chi connectivity index (χ2v) is 10.8. The fourth-order valence-corrected chi connectivity index (χ4v) is 5.94. The van der Waals surface area contributed by atoms with Crippen LogP contribution in [0, 0.1) is 12.7 Å². The molecule has 2 aliphatic heterocycles. The summed E-state index contributed by atoms with van der Waals surface area (Å²) in [5.41, 5.74) is 4.27. The van der Waals surface area contributed by atoms with Gasteiger partial charge >= 0.3 is 5.69 Å². The number of aryl methyl sites for hydroxylation is 1. The first-order chi connectivity index (χ1) is 19.8. The SMILES string of the molecule is C=CC(=O)N1CCN(c2nc(=O)n(-c3c(C)ccnc3C(C)C)c3c4c(c(F)cc23)-c2ccccc2CCO4)CC1. The predicted molar refractivity (Wildman–Crippen MR) is 158 cm³/mol. The van der Waals surface area contributed by atoms with E-state index in [1.807, 2.05) is 56.0 Å². The van der Waals surface area contributed by atoms with Crippen molar-refractivity contribution in [3.8, 4) is 22.6 Å². The molecule has 1 amide bonds. The summed E-state index contributed by atoms with van der Waals surface area (Å²) in [5, 5.41) is 0.474. The van der Waals surface area contributed by atoms with E-state index in [0.29, 0.717) is 72.9 Å². The van der Waals surface area contributed by atoms with E-state index < -0.39 is 11.5 Å². The fourth-order valence-electron chi connectivity index (χ4n) is 5.94. The van der Waals surface area contributed by atoms with Crippen molar-refractivity contribution >= 4 is 22.6 Å². The number of anilines is 1.